The lowest BCUT2D eigenvalue weighted by Crippen LogP contribution is -2.46. The highest BCUT2D eigenvalue weighted by atomic mass is 32.2. The van der Waals surface area contributed by atoms with Crippen molar-refractivity contribution in [2.45, 2.75) is 23.1 Å². The zero-order chi connectivity index (χ0) is 23.3. The number of sulfonamides is 1. The van der Waals surface area contributed by atoms with Crippen molar-refractivity contribution in [1.82, 2.24) is 19.6 Å². The number of carbonyl (C=O) groups is 1. The Balaban J connectivity index is 2.10. The molecule has 0 saturated carbocycles. The summed E-state index contributed by atoms with van der Waals surface area (Å²) in [6.45, 7) is -0.360. The zero-order valence-corrected chi connectivity index (χ0v) is 17.6. The van der Waals surface area contributed by atoms with Gasteiger partial charge >= 0.3 is 6.18 Å². The van der Waals surface area contributed by atoms with Crippen molar-refractivity contribution in [3.05, 3.63) is 48.0 Å². The Labute approximate surface area is 177 Å². The minimum Gasteiger partial charge on any atom is -0.383 e. The van der Waals surface area contributed by atoms with Crippen LogP contribution in [0.4, 0.5) is 13.2 Å². The number of hydrogen-bond acceptors (Lipinski definition) is 6. The maximum Gasteiger partial charge on any atom is 0.424 e. The monoisotopic (exact) mass is 464 g/mol. The molecule has 0 radical (unpaired) electrons. The summed E-state index contributed by atoms with van der Waals surface area (Å²) in [7, 11) is -1.18. The second kappa shape index (κ2) is 9.77. The van der Waals surface area contributed by atoms with E-state index >= 15 is 0 Å². The molecular weight excluding hydrogens is 441 g/mol. The van der Waals surface area contributed by atoms with E-state index in [4.69, 9.17) is 4.74 Å². The summed E-state index contributed by atoms with van der Waals surface area (Å²) in [5.74, 6) is -1.40. The van der Waals surface area contributed by atoms with Crippen molar-refractivity contribution in [1.29, 1.82) is 0 Å². The topological polar surface area (TPSA) is 123 Å². The molecule has 0 aliphatic carbocycles. The summed E-state index contributed by atoms with van der Waals surface area (Å²) in [4.78, 5) is 15.7. The lowest BCUT2D eigenvalue weighted by atomic mass is 9.97. The second-order valence-electron chi connectivity index (χ2n) is 6.64. The summed E-state index contributed by atoms with van der Waals surface area (Å²) in [5.41, 5.74) is -3.34. The average molecular weight is 464 g/mol. The number of aryl methyl sites for hydroxylation is 1. The predicted molar refractivity (Wildman–Crippen MR) is 104 cm³/mol. The molecule has 3 N–H and O–H groups in total. The molecule has 2 aromatic rings. The number of halogens is 3. The Morgan fingerprint density at radius 3 is 2.58 bits per heavy atom. The SMILES string of the molecule is COCCNS(=O)(=O)c1cccc(C(=O)NCCC(O)(c2nccn2C)C(F)(F)F)c1. The molecule has 9 nitrogen and oxygen atoms in total. The lowest BCUT2D eigenvalue weighted by Gasteiger charge is -2.30. The number of aliphatic hydroxyl groups is 1. The first-order chi connectivity index (χ1) is 14.4. The van der Waals surface area contributed by atoms with Crippen LogP contribution in [0.15, 0.2) is 41.6 Å². The van der Waals surface area contributed by atoms with Crippen LogP contribution in [0.3, 0.4) is 0 Å². The van der Waals surface area contributed by atoms with Crippen LogP contribution in [0.25, 0.3) is 0 Å². The fraction of sp³-hybridized carbons (Fsp3) is 0.444. The number of imidazole rings is 1. The number of alkyl halides is 3. The molecular formula is C18H23F3N4O5S. The van der Waals surface area contributed by atoms with Crippen molar-refractivity contribution in [2.24, 2.45) is 7.05 Å². The highest BCUT2D eigenvalue weighted by Gasteiger charge is 2.57. The van der Waals surface area contributed by atoms with Crippen molar-refractivity contribution >= 4 is 15.9 Å². The number of methoxy groups -OCH3 is 1. The number of aromatic nitrogens is 2. The largest absolute Gasteiger partial charge is 0.424 e. The van der Waals surface area contributed by atoms with E-state index in [9.17, 15) is 31.5 Å². The van der Waals surface area contributed by atoms with Gasteiger partial charge in [0.05, 0.1) is 11.5 Å². The summed E-state index contributed by atoms with van der Waals surface area (Å²) in [6, 6.07) is 5.02. The fourth-order valence-electron chi connectivity index (χ4n) is 2.77. The van der Waals surface area contributed by atoms with E-state index in [1.54, 1.807) is 0 Å². The van der Waals surface area contributed by atoms with Gasteiger partial charge in [-0.3, -0.25) is 4.79 Å². The molecule has 31 heavy (non-hydrogen) atoms. The van der Waals surface area contributed by atoms with Crippen LogP contribution in [0, 0.1) is 0 Å². The summed E-state index contributed by atoms with van der Waals surface area (Å²) in [6.07, 6.45) is -3.53. The molecule has 1 aromatic carbocycles. The normalized spacial score (nSPS) is 14.3. The highest BCUT2D eigenvalue weighted by Crippen LogP contribution is 2.40. The molecule has 1 amide bonds. The number of benzene rings is 1. The maximum absolute atomic E-state index is 13.5. The van der Waals surface area contributed by atoms with Gasteiger partial charge < -0.3 is 19.7 Å². The third kappa shape index (κ3) is 5.81. The van der Waals surface area contributed by atoms with Crippen molar-refractivity contribution in [2.75, 3.05) is 26.8 Å². The van der Waals surface area contributed by atoms with E-state index in [1.807, 2.05) is 0 Å². The van der Waals surface area contributed by atoms with E-state index in [0.29, 0.717) is 0 Å². The number of nitrogens with one attached hydrogen (secondary N) is 2. The van der Waals surface area contributed by atoms with Crippen LogP contribution in [0.2, 0.25) is 0 Å². The third-order valence-corrected chi connectivity index (χ3v) is 5.90. The van der Waals surface area contributed by atoms with Gasteiger partial charge in [-0.25, -0.2) is 18.1 Å². The molecule has 172 valence electrons. The number of hydrogen-bond donors (Lipinski definition) is 3. The maximum atomic E-state index is 13.5. The molecule has 1 heterocycles. The van der Waals surface area contributed by atoms with Gasteiger partial charge in [0.1, 0.15) is 5.82 Å². The quantitative estimate of drug-likeness (QED) is 0.450. The second-order valence-corrected chi connectivity index (χ2v) is 8.41. The lowest BCUT2D eigenvalue weighted by molar-refractivity contribution is -0.272. The number of carbonyl (C=O) groups excluding carboxylic acids is 1. The Bertz CT molecular complexity index is 1010. The summed E-state index contributed by atoms with van der Waals surface area (Å²) >= 11 is 0. The Morgan fingerprint density at radius 1 is 1.29 bits per heavy atom. The van der Waals surface area contributed by atoms with Gasteiger partial charge in [0.15, 0.2) is 0 Å². The van der Waals surface area contributed by atoms with Crippen LogP contribution in [0.5, 0.6) is 0 Å². The molecule has 0 fully saturated rings. The van der Waals surface area contributed by atoms with Crippen molar-refractivity contribution < 1.29 is 36.2 Å². The number of nitrogens with zero attached hydrogens (tertiary/aromatic N) is 2. The van der Waals surface area contributed by atoms with Gasteiger partial charge in [0.2, 0.25) is 15.6 Å². The Kier molecular flexibility index (Phi) is 7.81. The van der Waals surface area contributed by atoms with E-state index in [-0.39, 0.29) is 23.6 Å². The molecule has 2 rings (SSSR count). The molecule has 0 saturated heterocycles. The Hall–Kier alpha value is -2.48. The molecule has 0 spiro atoms. The smallest absolute Gasteiger partial charge is 0.383 e. The molecule has 1 unspecified atom stereocenters. The van der Waals surface area contributed by atoms with E-state index in [1.165, 1.54) is 38.6 Å². The standard InChI is InChI=1S/C18H23F3N4O5S/c1-25-10-8-23-16(25)17(27,18(19,20)21)6-7-22-15(26)13-4-3-5-14(12-13)31(28,29)24-9-11-30-2/h3-5,8,10,12,24,27H,6-7,9,11H2,1-2H3,(H,22,26). The van der Waals surface area contributed by atoms with E-state index < -0.39 is 46.5 Å². The van der Waals surface area contributed by atoms with Crippen LogP contribution in [-0.2, 0) is 27.4 Å². The summed E-state index contributed by atoms with van der Waals surface area (Å²) in [5, 5.41) is 12.5. The first-order valence-corrected chi connectivity index (χ1v) is 10.5. The van der Waals surface area contributed by atoms with Crippen LogP contribution < -0.4 is 10.0 Å². The number of ether oxygens (including phenoxy) is 1. The molecule has 1 atom stereocenters. The van der Waals surface area contributed by atoms with Crippen molar-refractivity contribution in [3.8, 4) is 0 Å². The fourth-order valence-corrected chi connectivity index (χ4v) is 3.83. The van der Waals surface area contributed by atoms with Gasteiger partial charge in [0.25, 0.3) is 5.91 Å². The van der Waals surface area contributed by atoms with Crippen LogP contribution in [0.1, 0.15) is 22.6 Å². The van der Waals surface area contributed by atoms with Gasteiger partial charge in [-0.2, -0.15) is 13.2 Å². The third-order valence-electron chi connectivity index (χ3n) is 4.44. The molecule has 13 heteroatoms. The molecule has 0 bridgehead atoms. The van der Waals surface area contributed by atoms with Crippen LogP contribution in [-0.4, -0.2) is 62.0 Å². The van der Waals surface area contributed by atoms with E-state index in [0.717, 1.165) is 16.8 Å². The van der Waals surface area contributed by atoms with Crippen LogP contribution >= 0.6 is 0 Å². The van der Waals surface area contributed by atoms with Gasteiger partial charge in [0, 0.05) is 51.6 Å². The van der Waals surface area contributed by atoms with Gasteiger partial charge in [-0.1, -0.05) is 6.07 Å². The first kappa shape index (κ1) is 24.8. The Morgan fingerprint density at radius 2 is 2.00 bits per heavy atom. The summed E-state index contributed by atoms with van der Waals surface area (Å²) < 4.78 is 73.1. The molecule has 0 aliphatic heterocycles. The predicted octanol–water partition coefficient (Wildman–Crippen LogP) is 0.915. The minimum absolute atomic E-state index is 0.0263. The molecule has 1 aromatic heterocycles. The minimum atomic E-state index is -5.03. The van der Waals surface area contributed by atoms with Gasteiger partial charge in [-0.05, 0) is 18.2 Å². The average Bonchev–Trinajstić information content (AvgIpc) is 3.13. The number of amides is 1. The van der Waals surface area contributed by atoms with Crippen molar-refractivity contribution in [3.63, 3.8) is 0 Å². The number of rotatable bonds is 10. The highest BCUT2D eigenvalue weighted by molar-refractivity contribution is 7.89. The van der Waals surface area contributed by atoms with E-state index in [2.05, 4.69) is 15.0 Å². The first-order valence-electron chi connectivity index (χ1n) is 9.06. The van der Waals surface area contributed by atoms with Gasteiger partial charge in [-0.15, -0.1) is 0 Å². The zero-order valence-electron chi connectivity index (χ0n) is 16.8. The molecule has 0 aliphatic rings.